The molecule has 2 aromatic rings. The number of benzene rings is 2. The predicted molar refractivity (Wildman–Crippen MR) is 141 cm³/mol. The van der Waals surface area contributed by atoms with Gasteiger partial charge in [0.2, 0.25) is 11.8 Å². The zero-order valence-corrected chi connectivity index (χ0v) is 22.2. The monoisotopic (exact) mass is 531 g/mol. The number of nitrogens with one attached hydrogen (secondary N) is 2. The van der Waals surface area contributed by atoms with Gasteiger partial charge in [0, 0.05) is 24.5 Å². The maximum absolute atomic E-state index is 13.2. The number of ether oxygens (including phenoxy) is 1. The van der Waals surface area contributed by atoms with Gasteiger partial charge in [-0.2, -0.15) is 0 Å². The van der Waals surface area contributed by atoms with E-state index in [1.165, 1.54) is 12.1 Å². The van der Waals surface area contributed by atoms with E-state index in [-0.39, 0.29) is 55.1 Å². The Labute approximate surface area is 222 Å². The van der Waals surface area contributed by atoms with Gasteiger partial charge in [-0.3, -0.25) is 14.4 Å². The summed E-state index contributed by atoms with van der Waals surface area (Å²) in [5, 5.41) is 6.33. The Bertz CT molecular complexity index is 1080. The third kappa shape index (κ3) is 9.35. The number of aryl methyl sites for hydroxylation is 1. The molecule has 0 saturated heterocycles. The third-order valence-corrected chi connectivity index (χ3v) is 6.35. The molecule has 7 nitrogen and oxygen atoms in total. The summed E-state index contributed by atoms with van der Waals surface area (Å²) in [6.45, 7) is 5.01. The van der Waals surface area contributed by atoms with E-state index in [1.54, 1.807) is 35.2 Å². The molecule has 1 atom stereocenters. The van der Waals surface area contributed by atoms with E-state index < -0.39 is 0 Å². The molecule has 0 aromatic heterocycles. The van der Waals surface area contributed by atoms with Gasteiger partial charge in [-0.05, 0) is 67.5 Å². The van der Waals surface area contributed by atoms with Crippen LogP contribution in [0.5, 0.6) is 5.75 Å². The Morgan fingerprint density at radius 3 is 2.65 bits per heavy atom. The van der Waals surface area contributed by atoms with Crippen LogP contribution in [0, 0.1) is 11.7 Å². The number of fused-ring (bicyclic) bond motifs is 1. The highest BCUT2D eigenvalue weighted by atomic mass is 35.5. The van der Waals surface area contributed by atoms with Crippen LogP contribution in [-0.4, -0.2) is 54.9 Å². The van der Waals surface area contributed by atoms with Crippen LogP contribution in [0.25, 0.3) is 0 Å². The van der Waals surface area contributed by atoms with Gasteiger partial charge in [0.25, 0.3) is 5.91 Å². The van der Waals surface area contributed by atoms with Crippen LogP contribution in [0.2, 0.25) is 5.02 Å². The normalized spacial score (nSPS) is 17.6. The average Bonchev–Trinajstić information content (AvgIpc) is 2.85. The van der Waals surface area contributed by atoms with Crippen molar-refractivity contribution in [2.24, 2.45) is 5.92 Å². The molecule has 2 N–H and O–H groups in total. The fourth-order valence-electron chi connectivity index (χ4n) is 4.26. The van der Waals surface area contributed by atoms with E-state index in [4.69, 9.17) is 16.3 Å². The van der Waals surface area contributed by atoms with Crippen LogP contribution in [0.15, 0.2) is 42.5 Å². The summed E-state index contributed by atoms with van der Waals surface area (Å²) in [7, 11) is 0. The summed E-state index contributed by atoms with van der Waals surface area (Å²) in [6.07, 6.45) is 2.58. The number of carbonyl (C=O) groups is 3. The molecule has 3 rings (SSSR count). The van der Waals surface area contributed by atoms with Gasteiger partial charge in [0.15, 0.2) is 0 Å². The first-order valence-electron chi connectivity index (χ1n) is 12.7. The second-order valence-electron chi connectivity index (χ2n) is 9.75. The standard InChI is InChI=1S/C28H35ClFN3O4/c1-19(2)15-23-18-37-25-11-8-21(29)16-24(25)28(36)31-13-3-4-14-33(17-26(34)32-23)27(35)12-7-20-5-9-22(30)10-6-20/h5-6,8-11,16,19,23H,3-4,7,12-15,17-18H2,1-2H3,(H,31,36)(H,32,34)/t23-/m0/s1. The molecule has 0 aliphatic carbocycles. The summed E-state index contributed by atoms with van der Waals surface area (Å²) in [5.74, 6) is -0.328. The SMILES string of the molecule is CC(C)C[C@H]1COc2ccc(Cl)cc2C(=O)NCCCCN(C(=O)CCc2ccc(F)cc2)CC(=O)N1. The summed E-state index contributed by atoms with van der Waals surface area (Å²) < 4.78 is 19.2. The summed E-state index contributed by atoms with van der Waals surface area (Å²) in [5.41, 5.74) is 1.20. The Hall–Kier alpha value is -3.13. The van der Waals surface area contributed by atoms with Gasteiger partial charge in [-0.25, -0.2) is 4.39 Å². The molecule has 2 aromatic carbocycles. The molecular weight excluding hydrogens is 497 g/mol. The topological polar surface area (TPSA) is 87.7 Å². The van der Waals surface area contributed by atoms with Gasteiger partial charge in [-0.1, -0.05) is 37.6 Å². The van der Waals surface area contributed by atoms with Crippen LogP contribution in [0.1, 0.15) is 55.5 Å². The van der Waals surface area contributed by atoms with Crippen molar-refractivity contribution in [1.82, 2.24) is 15.5 Å². The lowest BCUT2D eigenvalue weighted by Gasteiger charge is -2.25. The highest BCUT2D eigenvalue weighted by Gasteiger charge is 2.22. The van der Waals surface area contributed by atoms with Crippen LogP contribution in [0.4, 0.5) is 4.39 Å². The third-order valence-electron chi connectivity index (χ3n) is 6.12. The van der Waals surface area contributed by atoms with E-state index in [0.29, 0.717) is 55.1 Å². The average molecular weight is 532 g/mol. The fourth-order valence-corrected chi connectivity index (χ4v) is 4.43. The minimum absolute atomic E-state index is 0.0601. The molecule has 0 bridgehead atoms. The van der Waals surface area contributed by atoms with Crippen LogP contribution >= 0.6 is 11.6 Å². The van der Waals surface area contributed by atoms with E-state index in [9.17, 15) is 18.8 Å². The molecule has 37 heavy (non-hydrogen) atoms. The number of nitrogens with zero attached hydrogens (tertiary/aromatic N) is 1. The van der Waals surface area contributed by atoms with Crippen molar-refractivity contribution in [3.63, 3.8) is 0 Å². The Balaban J connectivity index is 1.73. The van der Waals surface area contributed by atoms with Crippen molar-refractivity contribution in [2.45, 2.75) is 52.0 Å². The number of carbonyl (C=O) groups excluding carboxylic acids is 3. The van der Waals surface area contributed by atoms with E-state index in [1.807, 2.05) is 13.8 Å². The maximum atomic E-state index is 13.2. The van der Waals surface area contributed by atoms with Crippen molar-refractivity contribution in [2.75, 3.05) is 26.2 Å². The van der Waals surface area contributed by atoms with Crippen molar-refractivity contribution < 1.29 is 23.5 Å². The lowest BCUT2D eigenvalue weighted by Crippen LogP contribution is -2.46. The predicted octanol–water partition coefficient (Wildman–Crippen LogP) is 4.37. The quantitative estimate of drug-likeness (QED) is 0.599. The maximum Gasteiger partial charge on any atom is 0.255 e. The second kappa shape index (κ2) is 14.0. The highest BCUT2D eigenvalue weighted by Crippen LogP contribution is 2.24. The lowest BCUT2D eigenvalue weighted by molar-refractivity contribution is -0.136. The molecule has 0 unspecified atom stereocenters. The fraction of sp³-hybridized carbons (Fsp3) is 0.464. The van der Waals surface area contributed by atoms with Crippen LogP contribution < -0.4 is 15.4 Å². The van der Waals surface area contributed by atoms with E-state index in [2.05, 4.69) is 10.6 Å². The van der Waals surface area contributed by atoms with Crippen molar-refractivity contribution in [3.8, 4) is 5.75 Å². The van der Waals surface area contributed by atoms with Crippen LogP contribution in [0.3, 0.4) is 0 Å². The zero-order chi connectivity index (χ0) is 26.8. The van der Waals surface area contributed by atoms with Gasteiger partial charge in [0.1, 0.15) is 18.2 Å². The zero-order valence-electron chi connectivity index (χ0n) is 21.4. The van der Waals surface area contributed by atoms with Crippen molar-refractivity contribution >= 4 is 29.3 Å². The summed E-state index contributed by atoms with van der Waals surface area (Å²) in [6, 6.07) is 10.6. The smallest absolute Gasteiger partial charge is 0.255 e. The molecule has 0 spiro atoms. The number of amides is 3. The second-order valence-corrected chi connectivity index (χ2v) is 10.2. The molecule has 1 heterocycles. The summed E-state index contributed by atoms with van der Waals surface area (Å²) in [4.78, 5) is 40.4. The number of rotatable bonds is 5. The van der Waals surface area contributed by atoms with Gasteiger partial charge >= 0.3 is 0 Å². The summed E-state index contributed by atoms with van der Waals surface area (Å²) >= 11 is 6.12. The number of hydrogen-bond donors (Lipinski definition) is 2. The highest BCUT2D eigenvalue weighted by molar-refractivity contribution is 6.31. The van der Waals surface area contributed by atoms with E-state index in [0.717, 1.165) is 5.56 Å². The van der Waals surface area contributed by atoms with Crippen molar-refractivity contribution in [3.05, 3.63) is 64.4 Å². The minimum Gasteiger partial charge on any atom is -0.491 e. The van der Waals surface area contributed by atoms with Gasteiger partial charge in [0.05, 0.1) is 18.2 Å². The lowest BCUT2D eigenvalue weighted by atomic mass is 10.0. The molecule has 0 saturated carbocycles. The Morgan fingerprint density at radius 2 is 1.92 bits per heavy atom. The van der Waals surface area contributed by atoms with Gasteiger partial charge in [-0.15, -0.1) is 0 Å². The number of halogens is 2. The number of hydrogen-bond acceptors (Lipinski definition) is 4. The largest absolute Gasteiger partial charge is 0.491 e. The molecule has 1 aliphatic heterocycles. The first-order chi connectivity index (χ1) is 17.7. The molecule has 0 fully saturated rings. The van der Waals surface area contributed by atoms with E-state index >= 15 is 0 Å². The molecule has 1 aliphatic rings. The minimum atomic E-state index is -0.324. The Kier molecular flexibility index (Phi) is 10.7. The molecule has 0 radical (unpaired) electrons. The molecule has 9 heteroatoms. The first-order valence-corrected chi connectivity index (χ1v) is 13.1. The van der Waals surface area contributed by atoms with Crippen LogP contribution in [-0.2, 0) is 16.0 Å². The molecular formula is C28H35ClFN3O4. The molecule has 3 amide bonds. The van der Waals surface area contributed by atoms with Crippen molar-refractivity contribution in [1.29, 1.82) is 0 Å². The Morgan fingerprint density at radius 1 is 1.16 bits per heavy atom. The van der Waals surface area contributed by atoms with Gasteiger partial charge < -0.3 is 20.3 Å². The molecule has 200 valence electrons. The first kappa shape index (κ1) is 28.4.